The molecule has 2 aromatic carbocycles. The van der Waals surface area contributed by atoms with Gasteiger partial charge in [0.15, 0.2) is 11.6 Å². The molecule has 3 N–H and O–H groups in total. The van der Waals surface area contributed by atoms with Gasteiger partial charge in [0.05, 0.1) is 18.8 Å². The van der Waals surface area contributed by atoms with E-state index in [1.54, 1.807) is 0 Å². The second kappa shape index (κ2) is 8.60. The summed E-state index contributed by atoms with van der Waals surface area (Å²) in [6, 6.07) is 16.9. The lowest BCUT2D eigenvalue weighted by Gasteiger charge is -2.36. The lowest BCUT2D eigenvalue weighted by Crippen LogP contribution is -2.63. The molecule has 0 saturated heterocycles. The van der Waals surface area contributed by atoms with Gasteiger partial charge >= 0.3 is 0 Å². The Morgan fingerprint density at radius 3 is 2.00 bits per heavy atom. The standard InChI is InChI=1S/C20H21NO4S/c22-11-12-26-20-18(24)16(19(20)25)21-15(13-7-3-1-4-8-13)17(23)14-9-5-2-6-10-14/h1-10,15-17,20-23H,11-12H2/t15-,16?,17+,20?/m0/s1. The first-order valence-electron chi connectivity index (χ1n) is 8.47. The number of carbonyl (C=O) groups is 2. The molecule has 0 heterocycles. The van der Waals surface area contributed by atoms with E-state index < -0.39 is 23.4 Å². The van der Waals surface area contributed by atoms with Crippen LogP contribution in [0.1, 0.15) is 23.3 Å². The van der Waals surface area contributed by atoms with E-state index in [1.165, 1.54) is 0 Å². The molecule has 0 amide bonds. The summed E-state index contributed by atoms with van der Waals surface area (Å²) in [5.41, 5.74) is 1.51. The molecule has 0 bridgehead atoms. The zero-order chi connectivity index (χ0) is 18.5. The van der Waals surface area contributed by atoms with Gasteiger partial charge in [-0.25, -0.2) is 0 Å². The number of ketones is 2. The van der Waals surface area contributed by atoms with Crippen LogP contribution in [0.4, 0.5) is 0 Å². The summed E-state index contributed by atoms with van der Waals surface area (Å²) in [6.07, 6.45) is -0.900. The summed E-state index contributed by atoms with van der Waals surface area (Å²) in [6.45, 7) is -0.0703. The quantitative estimate of drug-likeness (QED) is 0.612. The number of aliphatic hydroxyl groups is 2. The normalized spacial score (nSPS) is 21.9. The molecule has 2 atom stereocenters. The van der Waals surface area contributed by atoms with E-state index in [0.29, 0.717) is 11.3 Å². The molecule has 5 nitrogen and oxygen atoms in total. The monoisotopic (exact) mass is 371 g/mol. The van der Waals surface area contributed by atoms with Crippen LogP contribution in [0, 0.1) is 0 Å². The molecular formula is C20H21NO4S. The van der Waals surface area contributed by atoms with Crippen LogP contribution in [-0.2, 0) is 9.59 Å². The van der Waals surface area contributed by atoms with Crippen molar-refractivity contribution in [3.63, 3.8) is 0 Å². The molecule has 0 radical (unpaired) electrons. The van der Waals surface area contributed by atoms with Gasteiger partial charge in [-0.15, -0.1) is 11.8 Å². The maximum atomic E-state index is 12.3. The summed E-state index contributed by atoms with van der Waals surface area (Å²) in [7, 11) is 0. The number of nitrogens with one attached hydrogen (secondary N) is 1. The Kier molecular flexibility index (Phi) is 6.21. The van der Waals surface area contributed by atoms with E-state index >= 15 is 0 Å². The summed E-state index contributed by atoms with van der Waals surface area (Å²) in [5.74, 6) is -0.0480. The fourth-order valence-corrected chi connectivity index (χ4v) is 3.98. The third kappa shape index (κ3) is 3.88. The van der Waals surface area contributed by atoms with Crippen molar-refractivity contribution < 1.29 is 19.8 Å². The lowest BCUT2D eigenvalue weighted by atomic mass is 9.86. The molecule has 2 aromatic rings. The second-order valence-electron chi connectivity index (χ2n) is 6.12. The van der Waals surface area contributed by atoms with E-state index in [9.17, 15) is 14.7 Å². The summed E-state index contributed by atoms with van der Waals surface area (Å²) >= 11 is 1.16. The van der Waals surface area contributed by atoms with Crippen molar-refractivity contribution in [3.8, 4) is 0 Å². The maximum Gasteiger partial charge on any atom is 0.177 e. The molecule has 3 rings (SSSR count). The predicted molar refractivity (Wildman–Crippen MR) is 101 cm³/mol. The molecule has 0 aromatic heterocycles. The van der Waals surface area contributed by atoms with Crippen LogP contribution in [0.2, 0.25) is 0 Å². The van der Waals surface area contributed by atoms with Crippen LogP contribution < -0.4 is 5.32 Å². The Balaban J connectivity index is 1.79. The SMILES string of the molecule is O=C1C(N[C@@H](c2ccccc2)[C@H](O)c2ccccc2)C(=O)C1SCCO. The smallest absolute Gasteiger partial charge is 0.177 e. The van der Waals surface area contributed by atoms with Crippen LogP contribution in [0.15, 0.2) is 60.7 Å². The van der Waals surface area contributed by atoms with Crippen molar-refractivity contribution in [1.82, 2.24) is 5.32 Å². The Hall–Kier alpha value is -1.99. The van der Waals surface area contributed by atoms with Crippen molar-refractivity contribution in [2.24, 2.45) is 0 Å². The van der Waals surface area contributed by atoms with Crippen molar-refractivity contribution in [3.05, 3.63) is 71.8 Å². The fraction of sp³-hybridized carbons (Fsp3) is 0.300. The minimum Gasteiger partial charge on any atom is -0.396 e. The van der Waals surface area contributed by atoms with E-state index in [0.717, 1.165) is 17.3 Å². The van der Waals surface area contributed by atoms with Crippen LogP contribution in [0.25, 0.3) is 0 Å². The number of benzene rings is 2. The van der Waals surface area contributed by atoms with Gasteiger partial charge in [0, 0.05) is 5.75 Å². The minimum atomic E-state index is -0.922. The third-order valence-corrected chi connectivity index (χ3v) is 5.64. The Bertz CT molecular complexity index is 737. The summed E-state index contributed by atoms with van der Waals surface area (Å²) < 4.78 is 0. The second-order valence-corrected chi connectivity index (χ2v) is 7.34. The Morgan fingerprint density at radius 2 is 1.46 bits per heavy atom. The van der Waals surface area contributed by atoms with Gasteiger partial charge in [-0.1, -0.05) is 60.7 Å². The van der Waals surface area contributed by atoms with Gasteiger partial charge < -0.3 is 10.2 Å². The van der Waals surface area contributed by atoms with Gasteiger partial charge in [-0.2, -0.15) is 0 Å². The van der Waals surface area contributed by atoms with E-state index in [4.69, 9.17) is 5.11 Å². The Labute approximate surface area is 156 Å². The Morgan fingerprint density at radius 1 is 0.923 bits per heavy atom. The average Bonchev–Trinajstić information content (AvgIpc) is 2.70. The zero-order valence-corrected chi connectivity index (χ0v) is 14.9. The number of Topliss-reactive ketones (excluding diaryl/α,β-unsaturated/α-hetero) is 2. The van der Waals surface area contributed by atoms with Crippen molar-refractivity contribution >= 4 is 23.3 Å². The number of thioether (sulfide) groups is 1. The highest BCUT2D eigenvalue weighted by molar-refractivity contribution is 8.01. The van der Waals surface area contributed by atoms with Crippen LogP contribution >= 0.6 is 11.8 Å². The van der Waals surface area contributed by atoms with Crippen LogP contribution in [0.3, 0.4) is 0 Å². The first-order chi connectivity index (χ1) is 12.6. The summed E-state index contributed by atoms with van der Waals surface area (Å²) in [5, 5.41) is 22.1. The number of hydrogen-bond acceptors (Lipinski definition) is 6. The molecule has 6 heteroatoms. The molecule has 1 saturated carbocycles. The number of hydrogen-bond donors (Lipinski definition) is 3. The number of carbonyl (C=O) groups excluding carboxylic acids is 2. The fourth-order valence-electron chi connectivity index (χ4n) is 3.04. The van der Waals surface area contributed by atoms with Gasteiger partial charge in [-0.3, -0.25) is 14.9 Å². The van der Waals surface area contributed by atoms with Crippen LogP contribution in [0.5, 0.6) is 0 Å². The van der Waals surface area contributed by atoms with Crippen LogP contribution in [-0.4, -0.2) is 45.4 Å². The highest BCUT2D eigenvalue weighted by Gasteiger charge is 2.50. The first kappa shape index (κ1) is 18.8. The van der Waals surface area contributed by atoms with E-state index in [1.807, 2.05) is 60.7 Å². The molecule has 136 valence electrons. The molecule has 0 unspecified atom stereocenters. The largest absolute Gasteiger partial charge is 0.396 e. The van der Waals surface area contributed by atoms with Crippen molar-refractivity contribution in [1.29, 1.82) is 0 Å². The molecule has 0 spiro atoms. The molecule has 1 fully saturated rings. The molecule has 1 aliphatic carbocycles. The first-order valence-corrected chi connectivity index (χ1v) is 9.52. The van der Waals surface area contributed by atoms with E-state index in [-0.39, 0.29) is 18.2 Å². The molecule has 26 heavy (non-hydrogen) atoms. The topological polar surface area (TPSA) is 86.6 Å². The highest BCUT2D eigenvalue weighted by atomic mass is 32.2. The molecule has 0 aliphatic heterocycles. The molecular weight excluding hydrogens is 350 g/mol. The van der Waals surface area contributed by atoms with Crippen molar-refractivity contribution in [2.45, 2.75) is 23.4 Å². The molecule has 1 aliphatic rings. The van der Waals surface area contributed by atoms with Gasteiger partial charge in [0.1, 0.15) is 11.3 Å². The minimum absolute atomic E-state index is 0.0703. The zero-order valence-electron chi connectivity index (χ0n) is 14.1. The number of rotatable bonds is 8. The van der Waals surface area contributed by atoms with Gasteiger partial charge in [0.25, 0.3) is 0 Å². The highest BCUT2D eigenvalue weighted by Crippen LogP contribution is 2.32. The maximum absolute atomic E-state index is 12.3. The lowest BCUT2D eigenvalue weighted by molar-refractivity contribution is -0.140. The van der Waals surface area contributed by atoms with Crippen molar-refractivity contribution in [2.75, 3.05) is 12.4 Å². The summed E-state index contributed by atoms with van der Waals surface area (Å²) in [4.78, 5) is 24.7. The van der Waals surface area contributed by atoms with Gasteiger partial charge in [-0.05, 0) is 11.1 Å². The third-order valence-electron chi connectivity index (χ3n) is 4.42. The van der Waals surface area contributed by atoms with Gasteiger partial charge in [0.2, 0.25) is 0 Å². The van der Waals surface area contributed by atoms with E-state index in [2.05, 4.69) is 5.32 Å². The number of aliphatic hydroxyl groups excluding tert-OH is 2. The average molecular weight is 371 g/mol. The predicted octanol–water partition coefficient (Wildman–Crippen LogP) is 1.67.